The molecule has 0 spiro atoms. The predicted molar refractivity (Wildman–Crippen MR) is 108 cm³/mol. The molecule has 0 heterocycles. The topological polar surface area (TPSA) is 110 Å². The second-order valence-electron chi connectivity index (χ2n) is 9.63. The lowest BCUT2D eigenvalue weighted by Crippen LogP contribution is -2.42. The maximum Gasteiger partial charge on any atom is 0.296 e. The summed E-state index contributed by atoms with van der Waals surface area (Å²) >= 11 is 0. The number of Topliss-reactive ketones (excluding diaryl/α,β-unsaturated/α-hetero) is 1. The summed E-state index contributed by atoms with van der Waals surface area (Å²) in [6.07, 6.45) is 4.67. The number of carbonyl (C=O) groups is 2. The molecule has 7 heteroatoms. The Morgan fingerprint density at radius 3 is 2.66 bits per heavy atom. The minimum atomic E-state index is -1.63. The Hall–Kier alpha value is -2.28. The van der Waals surface area contributed by atoms with Crippen molar-refractivity contribution in [3.8, 4) is 0 Å². The maximum absolute atomic E-state index is 12.5. The fourth-order valence-electron chi connectivity index (χ4n) is 6.00. The number of nitro groups is 1. The first kappa shape index (κ1) is 20.0. The highest BCUT2D eigenvalue weighted by atomic mass is 16.6. The summed E-state index contributed by atoms with van der Waals surface area (Å²) in [5.74, 6) is 0.662. The van der Waals surface area contributed by atoms with Crippen LogP contribution < -0.4 is 5.32 Å². The van der Waals surface area contributed by atoms with E-state index in [9.17, 15) is 24.8 Å². The molecule has 156 valence electrons. The van der Waals surface area contributed by atoms with Crippen LogP contribution in [0.15, 0.2) is 12.1 Å². The molecular formula is C22H28N2O5. The minimum Gasteiger partial charge on any atom is -0.381 e. The van der Waals surface area contributed by atoms with Gasteiger partial charge in [-0.3, -0.25) is 19.7 Å². The lowest BCUT2D eigenvalue weighted by atomic mass is 9.55. The van der Waals surface area contributed by atoms with Gasteiger partial charge in [-0.25, -0.2) is 0 Å². The summed E-state index contributed by atoms with van der Waals surface area (Å²) in [6, 6.07) is 3.50. The van der Waals surface area contributed by atoms with E-state index in [1.807, 2.05) is 6.07 Å². The number of carbonyl (C=O) groups excluding carboxylic acids is 2. The van der Waals surface area contributed by atoms with Crippen molar-refractivity contribution in [3.05, 3.63) is 33.4 Å². The van der Waals surface area contributed by atoms with Crippen molar-refractivity contribution in [3.63, 3.8) is 0 Å². The van der Waals surface area contributed by atoms with Crippen LogP contribution in [0.4, 0.5) is 11.4 Å². The molecule has 0 aromatic heterocycles. The Balaban J connectivity index is 1.72. The van der Waals surface area contributed by atoms with Gasteiger partial charge in [0, 0.05) is 17.4 Å². The fraction of sp³-hybridized carbons (Fsp3) is 0.636. The van der Waals surface area contributed by atoms with Gasteiger partial charge in [0.2, 0.25) is 0 Å². The average molecular weight is 400 g/mol. The summed E-state index contributed by atoms with van der Waals surface area (Å²) in [5.41, 5.74) is -0.0955. The Bertz CT molecular complexity index is 903. The summed E-state index contributed by atoms with van der Waals surface area (Å²) in [4.78, 5) is 36.1. The van der Waals surface area contributed by atoms with Crippen LogP contribution in [0.25, 0.3) is 0 Å². The van der Waals surface area contributed by atoms with Gasteiger partial charge < -0.3 is 10.4 Å². The van der Waals surface area contributed by atoms with Crippen molar-refractivity contribution in [2.45, 2.75) is 70.8 Å². The van der Waals surface area contributed by atoms with Crippen LogP contribution in [0, 0.1) is 27.4 Å². The van der Waals surface area contributed by atoms with E-state index in [4.69, 9.17) is 0 Å². The molecule has 4 rings (SSSR count). The maximum atomic E-state index is 12.5. The number of aliphatic hydroxyl groups is 1. The largest absolute Gasteiger partial charge is 0.381 e. The summed E-state index contributed by atoms with van der Waals surface area (Å²) in [7, 11) is 0. The van der Waals surface area contributed by atoms with Crippen molar-refractivity contribution in [1.29, 1.82) is 0 Å². The average Bonchev–Trinajstić information content (AvgIpc) is 2.95. The number of hydrogen-bond donors (Lipinski definition) is 2. The highest BCUT2D eigenvalue weighted by molar-refractivity contribution is 5.98. The number of nitro benzene ring substituents is 1. The van der Waals surface area contributed by atoms with Gasteiger partial charge in [0.25, 0.3) is 11.6 Å². The minimum absolute atomic E-state index is 0.0608. The summed E-state index contributed by atoms with van der Waals surface area (Å²) in [5, 5.41) is 24.3. The molecule has 2 saturated carbocycles. The molecule has 0 bridgehead atoms. The van der Waals surface area contributed by atoms with Crippen molar-refractivity contribution < 1.29 is 19.6 Å². The van der Waals surface area contributed by atoms with Crippen LogP contribution >= 0.6 is 0 Å². The quantitative estimate of drug-likeness (QED) is 0.593. The van der Waals surface area contributed by atoms with Crippen molar-refractivity contribution >= 4 is 23.1 Å². The Kier molecular flexibility index (Phi) is 4.57. The standard InChI is InChI=1S/C22H28N2O5/c1-21(2,27)20(26)23-17-8-6-12-13-10-11-22(3)16(7-9-18(22)25)14(13)4-5-15(12)19(17)24(28)29/h6,8,13-14,16,27H,4-5,7,9-11H2,1-3H3,(H,23,26)/t13?,14?,16?,22-/m0/s1. The predicted octanol–water partition coefficient (Wildman–Crippen LogP) is 3.73. The van der Waals surface area contributed by atoms with E-state index in [0.717, 1.165) is 31.2 Å². The molecule has 2 N–H and O–H groups in total. The number of rotatable bonds is 3. The first-order valence-corrected chi connectivity index (χ1v) is 10.4. The molecule has 4 atom stereocenters. The van der Waals surface area contributed by atoms with Gasteiger partial charge in [-0.15, -0.1) is 0 Å². The van der Waals surface area contributed by atoms with Crippen molar-refractivity contribution in [2.24, 2.45) is 17.3 Å². The second-order valence-corrected chi connectivity index (χ2v) is 9.63. The summed E-state index contributed by atoms with van der Waals surface area (Å²) in [6.45, 7) is 4.80. The SMILES string of the molecule is CC(C)(O)C(=O)Nc1ccc2c(c1[N+](=O)[O-])CCC1C2CC[C@]2(C)C(=O)CCC12. The van der Waals surface area contributed by atoms with Gasteiger partial charge in [-0.2, -0.15) is 0 Å². The highest BCUT2D eigenvalue weighted by Gasteiger charge is 2.55. The van der Waals surface area contributed by atoms with Crippen LogP contribution in [-0.4, -0.2) is 27.3 Å². The number of nitrogens with zero attached hydrogens (tertiary/aromatic N) is 1. The molecule has 2 fully saturated rings. The van der Waals surface area contributed by atoms with E-state index in [1.54, 1.807) is 6.07 Å². The molecule has 1 aromatic carbocycles. The molecule has 0 radical (unpaired) electrons. The Morgan fingerprint density at radius 1 is 1.28 bits per heavy atom. The molecule has 3 unspecified atom stereocenters. The van der Waals surface area contributed by atoms with Gasteiger partial charge in [0.05, 0.1) is 4.92 Å². The number of nitrogens with one attached hydrogen (secondary N) is 1. The van der Waals surface area contributed by atoms with Crippen LogP contribution in [-0.2, 0) is 16.0 Å². The number of anilines is 1. The van der Waals surface area contributed by atoms with E-state index < -0.39 is 16.4 Å². The third kappa shape index (κ3) is 3.06. The lowest BCUT2D eigenvalue weighted by Gasteiger charge is -2.48. The molecule has 3 aliphatic carbocycles. The first-order valence-electron chi connectivity index (χ1n) is 10.4. The number of fused-ring (bicyclic) bond motifs is 5. The smallest absolute Gasteiger partial charge is 0.296 e. The van der Waals surface area contributed by atoms with Gasteiger partial charge in [0.15, 0.2) is 0 Å². The number of hydrogen-bond acceptors (Lipinski definition) is 5. The van der Waals surface area contributed by atoms with Gasteiger partial charge >= 0.3 is 0 Å². The van der Waals surface area contributed by atoms with Crippen LogP contribution in [0.3, 0.4) is 0 Å². The Morgan fingerprint density at radius 2 is 2.00 bits per heavy atom. The second kappa shape index (κ2) is 6.62. The molecular weight excluding hydrogens is 372 g/mol. The van der Waals surface area contributed by atoms with Crippen LogP contribution in [0.1, 0.15) is 69.9 Å². The molecule has 29 heavy (non-hydrogen) atoms. The highest BCUT2D eigenvalue weighted by Crippen LogP contribution is 2.60. The number of ketones is 1. The van der Waals surface area contributed by atoms with Gasteiger partial charge in [-0.1, -0.05) is 13.0 Å². The number of benzene rings is 1. The van der Waals surface area contributed by atoms with Crippen LogP contribution in [0.2, 0.25) is 0 Å². The molecule has 1 amide bonds. The van der Waals surface area contributed by atoms with E-state index in [0.29, 0.717) is 36.0 Å². The van der Waals surface area contributed by atoms with E-state index in [1.165, 1.54) is 13.8 Å². The third-order valence-electron chi connectivity index (χ3n) is 7.58. The zero-order valence-corrected chi connectivity index (χ0v) is 17.2. The van der Waals surface area contributed by atoms with Crippen molar-refractivity contribution in [1.82, 2.24) is 0 Å². The lowest BCUT2D eigenvalue weighted by molar-refractivity contribution is -0.384. The monoisotopic (exact) mass is 400 g/mol. The molecule has 1 aromatic rings. The van der Waals surface area contributed by atoms with Crippen molar-refractivity contribution in [2.75, 3.05) is 5.32 Å². The first-order chi connectivity index (χ1) is 13.5. The molecule has 0 aliphatic heterocycles. The third-order valence-corrected chi connectivity index (χ3v) is 7.58. The normalized spacial score (nSPS) is 30.9. The Labute approximate surface area is 170 Å². The zero-order chi connectivity index (χ0) is 21.1. The van der Waals surface area contributed by atoms with Gasteiger partial charge in [-0.05, 0) is 75.3 Å². The van der Waals surface area contributed by atoms with E-state index >= 15 is 0 Å². The van der Waals surface area contributed by atoms with Crippen LogP contribution in [0.5, 0.6) is 0 Å². The fourth-order valence-corrected chi connectivity index (χ4v) is 6.00. The van der Waals surface area contributed by atoms with E-state index in [2.05, 4.69) is 12.2 Å². The molecule has 3 aliphatic rings. The molecule has 7 nitrogen and oxygen atoms in total. The number of amides is 1. The zero-order valence-electron chi connectivity index (χ0n) is 17.2. The van der Waals surface area contributed by atoms with E-state index in [-0.39, 0.29) is 22.7 Å². The molecule has 0 saturated heterocycles. The summed E-state index contributed by atoms with van der Waals surface area (Å²) < 4.78 is 0. The van der Waals surface area contributed by atoms with Gasteiger partial charge in [0.1, 0.15) is 17.1 Å².